The summed E-state index contributed by atoms with van der Waals surface area (Å²) in [5.41, 5.74) is -3.48. The molecule has 4 rings (SSSR count). The van der Waals surface area contributed by atoms with Crippen molar-refractivity contribution >= 4 is 37.0 Å². The van der Waals surface area contributed by atoms with Crippen LogP contribution in [0.2, 0.25) is 0 Å². The molecule has 1 N–H and O–H groups in total. The zero-order chi connectivity index (χ0) is 32.3. The van der Waals surface area contributed by atoms with Crippen LogP contribution in [0.1, 0.15) is 30.9 Å². The summed E-state index contributed by atoms with van der Waals surface area (Å²) < 4.78 is 183. The van der Waals surface area contributed by atoms with E-state index >= 15 is 0 Å². The standard InChI is InChI=1S/C17H7F10NO4S2.C7H16N/c18-14(19,20)16(24,25)33(29,30)11-6-9-8-4-2-1-3-7(8)5-10(9)12(28)13(11)34(31,32)17(26,27)15(21,22)23;1-3-8(2)6-4-5-7-8/h1-6,28H;3-7H2,1-2H3/q;+1. The van der Waals surface area contributed by atoms with E-state index in [0.29, 0.717) is 0 Å². The molecule has 0 spiro atoms. The van der Waals surface area contributed by atoms with E-state index in [-0.39, 0.29) is 17.2 Å². The average Bonchev–Trinajstić information content (AvgIpc) is 3.47. The molecule has 1 aliphatic heterocycles. The monoisotopic (exact) mass is 657 g/mol. The van der Waals surface area contributed by atoms with Gasteiger partial charge in [-0.25, -0.2) is 16.8 Å². The molecule has 6 nitrogen and oxygen atoms in total. The van der Waals surface area contributed by atoms with Crippen LogP contribution in [-0.2, 0) is 19.7 Å². The largest absolute Gasteiger partial charge is 0.469 e. The number of rotatable bonds is 5. The van der Waals surface area contributed by atoms with Gasteiger partial charge in [-0.2, -0.15) is 43.9 Å². The molecular weight excluding hydrogens is 634 g/mol. The normalized spacial score (nSPS) is 19.5. The number of quaternary nitrogens is 1. The second-order valence-corrected chi connectivity index (χ2v) is 13.8. The van der Waals surface area contributed by atoms with Crippen LogP contribution in [0.3, 0.4) is 0 Å². The van der Waals surface area contributed by atoms with E-state index in [9.17, 15) is 60.7 Å². The Balaban J connectivity index is 0.000000521. The smallest absolute Gasteiger partial charge is 0.326 e. The Morgan fingerprint density at radius 3 is 1.69 bits per heavy atom. The second kappa shape index (κ2) is 10.5. The molecule has 2 aliphatic carbocycles. The summed E-state index contributed by atoms with van der Waals surface area (Å²) in [7, 11) is -12.4. The van der Waals surface area contributed by atoms with Crippen LogP contribution in [-0.4, -0.2) is 76.6 Å². The number of halogens is 10. The highest BCUT2D eigenvalue weighted by Crippen LogP contribution is 2.52. The highest BCUT2D eigenvalue weighted by Gasteiger charge is 2.72. The van der Waals surface area contributed by atoms with E-state index in [1.807, 2.05) is 0 Å². The number of likely N-dealkylation sites (tertiary alicyclic amines) is 1. The Morgan fingerprint density at radius 2 is 1.24 bits per heavy atom. The van der Waals surface area contributed by atoms with Crippen molar-refractivity contribution < 1.29 is 65.2 Å². The molecule has 1 fully saturated rings. The first kappa shape index (κ1) is 33.8. The number of alkyl halides is 10. The lowest BCUT2D eigenvalue weighted by atomic mass is 9.95. The van der Waals surface area contributed by atoms with Gasteiger partial charge in [0, 0.05) is 18.4 Å². The quantitative estimate of drug-likeness (QED) is 0.306. The van der Waals surface area contributed by atoms with Crippen molar-refractivity contribution in [3.63, 3.8) is 0 Å². The van der Waals surface area contributed by atoms with Crippen LogP contribution in [0.25, 0.3) is 11.6 Å². The topological polar surface area (TPSA) is 92.1 Å². The molecule has 1 saturated heterocycles. The van der Waals surface area contributed by atoms with E-state index in [1.165, 1.54) is 55.2 Å². The Bertz CT molecular complexity index is 1600. The van der Waals surface area contributed by atoms with Gasteiger partial charge in [-0.15, -0.1) is 0 Å². The highest BCUT2D eigenvalue weighted by molar-refractivity contribution is 8.01. The van der Waals surface area contributed by atoms with Gasteiger partial charge in [0.25, 0.3) is 19.7 Å². The fourth-order valence-electron chi connectivity index (χ4n) is 4.50. The van der Waals surface area contributed by atoms with E-state index < -0.39 is 69.2 Å². The van der Waals surface area contributed by atoms with Crippen molar-refractivity contribution in [2.75, 3.05) is 26.7 Å². The molecule has 1 heterocycles. The summed E-state index contributed by atoms with van der Waals surface area (Å²) in [5, 5.41) is -5.85. The molecule has 0 amide bonds. The van der Waals surface area contributed by atoms with Gasteiger partial charge in [0.1, 0.15) is 4.91 Å². The third kappa shape index (κ3) is 5.29. The van der Waals surface area contributed by atoms with Gasteiger partial charge < -0.3 is 4.48 Å². The number of hydrogen-bond acceptors (Lipinski definition) is 5. The Kier molecular flexibility index (Phi) is 8.41. The molecular formula is C24H23F10N2O4S2+. The van der Waals surface area contributed by atoms with Gasteiger partial charge in [0.2, 0.25) is 0 Å². The molecule has 0 bridgehead atoms. The fourth-order valence-corrected chi connectivity index (χ4v) is 7.63. The molecule has 1 aromatic carbocycles. The maximum absolute atomic E-state index is 13.9. The van der Waals surface area contributed by atoms with Crippen LogP contribution < -0.4 is 0 Å². The van der Waals surface area contributed by atoms with Crippen molar-refractivity contribution in [2.45, 2.75) is 42.6 Å². The first-order valence-corrected chi connectivity index (χ1v) is 14.9. The number of nitrogens with one attached hydrogen (secondary N) is 1. The lowest BCUT2D eigenvalue weighted by Gasteiger charge is -2.28. The number of nitrogens with zero attached hydrogens (tertiary/aromatic N) is 1. The molecule has 0 radical (unpaired) electrons. The molecule has 0 aromatic heterocycles. The zero-order valence-electron chi connectivity index (χ0n) is 21.7. The summed E-state index contributed by atoms with van der Waals surface area (Å²) in [5.74, 6) is 0. The third-order valence-electron chi connectivity index (χ3n) is 7.14. The molecule has 0 saturated carbocycles. The number of allylic oxidation sites excluding steroid dienone is 4. The number of benzene rings is 1. The van der Waals surface area contributed by atoms with Gasteiger partial charge >= 0.3 is 22.9 Å². The molecule has 42 heavy (non-hydrogen) atoms. The summed E-state index contributed by atoms with van der Waals surface area (Å²) in [4.78, 5) is -5.57. The predicted octanol–water partition coefficient (Wildman–Crippen LogP) is 6.10. The van der Waals surface area contributed by atoms with Crippen molar-refractivity contribution in [1.82, 2.24) is 0 Å². The van der Waals surface area contributed by atoms with Crippen molar-refractivity contribution in [3.05, 3.63) is 56.9 Å². The Morgan fingerprint density at radius 1 is 0.762 bits per heavy atom. The molecule has 3 aliphatic rings. The van der Waals surface area contributed by atoms with Crippen LogP contribution in [0.15, 0.2) is 45.7 Å². The number of fused-ring (bicyclic) bond motifs is 3. The van der Waals surface area contributed by atoms with Crippen molar-refractivity contribution in [3.8, 4) is 0 Å². The summed E-state index contributed by atoms with van der Waals surface area (Å²) >= 11 is 0. The van der Waals surface area contributed by atoms with Crippen LogP contribution in [0.4, 0.5) is 43.9 Å². The van der Waals surface area contributed by atoms with Gasteiger partial charge in [-0.05, 0) is 35.8 Å². The van der Waals surface area contributed by atoms with E-state index in [2.05, 4.69) is 14.0 Å². The van der Waals surface area contributed by atoms with Crippen molar-refractivity contribution in [2.24, 2.45) is 0 Å². The average molecular weight is 658 g/mol. The number of hydrogen-bond donors (Lipinski definition) is 1. The number of sulfone groups is 2. The maximum atomic E-state index is 13.9. The zero-order valence-corrected chi connectivity index (χ0v) is 23.3. The molecule has 0 unspecified atom stereocenters. The Labute approximate surface area is 233 Å². The highest BCUT2D eigenvalue weighted by atomic mass is 32.2. The first-order valence-electron chi connectivity index (χ1n) is 12.0. The summed E-state index contributed by atoms with van der Waals surface area (Å²) in [6.45, 7) is 6.43. The molecule has 1 aromatic rings. The van der Waals surface area contributed by atoms with Gasteiger partial charge in [-0.3, -0.25) is 5.41 Å². The van der Waals surface area contributed by atoms with E-state index in [1.54, 1.807) is 0 Å². The van der Waals surface area contributed by atoms with Crippen LogP contribution in [0, 0.1) is 5.41 Å². The maximum Gasteiger partial charge on any atom is 0.469 e. The second-order valence-electron chi connectivity index (χ2n) is 9.90. The van der Waals surface area contributed by atoms with E-state index in [4.69, 9.17) is 5.41 Å². The molecule has 18 heteroatoms. The minimum absolute atomic E-state index is 0.0223. The van der Waals surface area contributed by atoms with Crippen LogP contribution in [0.5, 0.6) is 0 Å². The van der Waals surface area contributed by atoms with Gasteiger partial charge in [-0.1, -0.05) is 24.3 Å². The summed E-state index contributed by atoms with van der Waals surface area (Å²) in [6.07, 6.45) is -10.3. The van der Waals surface area contributed by atoms with Gasteiger partial charge in [0.15, 0.2) is 0 Å². The van der Waals surface area contributed by atoms with E-state index in [0.717, 1.165) is 12.1 Å². The Hall–Kier alpha value is -2.73. The lowest BCUT2D eigenvalue weighted by Crippen LogP contribution is -2.48. The lowest BCUT2D eigenvalue weighted by molar-refractivity contribution is -0.895. The summed E-state index contributed by atoms with van der Waals surface area (Å²) in [6, 6.07) is 4.95. The molecule has 234 valence electrons. The van der Waals surface area contributed by atoms with Gasteiger partial charge in [0.05, 0.1) is 37.3 Å². The predicted molar refractivity (Wildman–Crippen MR) is 133 cm³/mol. The molecule has 0 atom stereocenters. The minimum atomic E-state index is -7.40. The SMILES string of the molecule is CC[N+]1(C)CCCC1.N=C1C2=Cc3ccccc3C2=CC(S(=O)(=O)C(F)(F)C(F)(F)F)=C1S(=O)(=O)C(F)(F)C(F)(F)F. The fraction of sp³-hybridized carbons (Fsp3) is 0.458. The van der Waals surface area contributed by atoms with Crippen LogP contribution >= 0.6 is 0 Å². The third-order valence-corrected chi connectivity index (χ3v) is 10.9. The first-order chi connectivity index (χ1) is 18.9. The van der Waals surface area contributed by atoms with Crippen molar-refractivity contribution in [1.29, 1.82) is 5.41 Å². The minimum Gasteiger partial charge on any atom is -0.326 e.